The highest BCUT2D eigenvalue weighted by molar-refractivity contribution is 7.15. The Bertz CT molecular complexity index is 827. The number of amides is 1. The predicted molar refractivity (Wildman–Crippen MR) is 99.9 cm³/mol. The van der Waals surface area contributed by atoms with Crippen LogP contribution in [0, 0.1) is 0 Å². The topological polar surface area (TPSA) is 56.1 Å². The quantitative estimate of drug-likeness (QED) is 0.640. The number of nitrogens with zero attached hydrogens (tertiary/aromatic N) is 3. The third-order valence-electron chi connectivity index (χ3n) is 4.42. The van der Waals surface area contributed by atoms with E-state index >= 15 is 0 Å². The van der Waals surface area contributed by atoms with Gasteiger partial charge in [-0.2, -0.15) is 0 Å². The number of ether oxygens (including phenoxy) is 2. The van der Waals surface area contributed by atoms with Crippen LogP contribution in [0.3, 0.4) is 0 Å². The van der Waals surface area contributed by atoms with Crippen molar-refractivity contribution in [3.05, 3.63) is 53.8 Å². The van der Waals surface area contributed by atoms with Crippen molar-refractivity contribution in [2.75, 3.05) is 26.3 Å². The summed E-state index contributed by atoms with van der Waals surface area (Å²) in [6.45, 7) is 2.28. The Labute approximate surface area is 156 Å². The zero-order valence-corrected chi connectivity index (χ0v) is 15.2. The van der Waals surface area contributed by atoms with E-state index in [1.54, 1.807) is 11.1 Å². The van der Waals surface area contributed by atoms with E-state index in [-0.39, 0.29) is 12.0 Å². The molecule has 4 rings (SSSR count). The van der Waals surface area contributed by atoms with Crippen LogP contribution in [-0.4, -0.2) is 52.6 Å². The largest absolute Gasteiger partial charge is 0.492 e. The van der Waals surface area contributed by atoms with Crippen LogP contribution in [0.4, 0.5) is 0 Å². The zero-order chi connectivity index (χ0) is 17.8. The number of thiazole rings is 1. The third kappa shape index (κ3) is 3.89. The summed E-state index contributed by atoms with van der Waals surface area (Å²) in [5, 5.41) is 1.95. The molecule has 136 valence electrons. The van der Waals surface area contributed by atoms with Gasteiger partial charge in [-0.15, -0.1) is 11.3 Å². The maximum atomic E-state index is 13.0. The molecule has 1 amide bonds. The van der Waals surface area contributed by atoms with Gasteiger partial charge >= 0.3 is 0 Å². The lowest BCUT2D eigenvalue weighted by Gasteiger charge is -2.24. The fraction of sp³-hybridized carbons (Fsp3) is 0.368. The van der Waals surface area contributed by atoms with Crippen molar-refractivity contribution in [3.8, 4) is 5.75 Å². The number of carbonyl (C=O) groups is 1. The smallest absolute Gasteiger partial charge is 0.274 e. The monoisotopic (exact) mass is 371 g/mol. The summed E-state index contributed by atoms with van der Waals surface area (Å²) in [7, 11) is 0. The molecule has 0 bridgehead atoms. The number of aromatic nitrogens is 2. The van der Waals surface area contributed by atoms with Gasteiger partial charge in [0.2, 0.25) is 0 Å². The minimum absolute atomic E-state index is 0.0759. The van der Waals surface area contributed by atoms with Crippen LogP contribution in [0.2, 0.25) is 0 Å². The molecule has 0 spiro atoms. The van der Waals surface area contributed by atoms with E-state index < -0.39 is 0 Å². The Morgan fingerprint density at radius 1 is 1.38 bits per heavy atom. The summed E-state index contributed by atoms with van der Waals surface area (Å²) in [4.78, 5) is 20.1. The van der Waals surface area contributed by atoms with E-state index in [1.165, 1.54) is 11.3 Å². The zero-order valence-electron chi connectivity index (χ0n) is 14.4. The molecule has 6 nitrogen and oxygen atoms in total. The van der Waals surface area contributed by atoms with Crippen LogP contribution < -0.4 is 4.74 Å². The number of benzene rings is 1. The summed E-state index contributed by atoms with van der Waals surface area (Å²) in [6.07, 6.45) is 5.83. The Morgan fingerprint density at radius 2 is 2.27 bits per heavy atom. The van der Waals surface area contributed by atoms with E-state index in [1.807, 2.05) is 46.3 Å². The Balaban J connectivity index is 1.44. The molecule has 1 atom stereocenters. The SMILES string of the molecule is O=C(c1cn2ccsc2n1)N(CCOc1ccccc1)C[C@@H]1CCCO1. The molecule has 1 fully saturated rings. The van der Waals surface area contributed by atoms with Crippen molar-refractivity contribution in [1.82, 2.24) is 14.3 Å². The van der Waals surface area contributed by atoms with Crippen LogP contribution in [0.25, 0.3) is 4.96 Å². The average Bonchev–Trinajstić information content (AvgIpc) is 3.38. The van der Waals surface area contributed by atoms with Gasteiger partial charge in [-0.3, -0.25) is 9.20 Å². The molecule has 1 aromatic carbocycles. The van der Waals surface area contributed by atoms with E-state index in [4.69, 9.17) is 9.47 Å². The Kier molecular flexibility index (Phi) is 5.17. The number of hydrogen-bond donors (Lipinski definition) is 0. The molecule has 0 radical (unpaired) electrons. The first kappa shape index (κ1) is 17.1. The normalized spacial score (nSPS) is 16.8. The first-order valence-corrected chi connectivity index (χ1v) is 9.68. The highest BCUT2D eigenvalue weighted by atomic mass is 32.1. The van der Waals surface area contributed by atoms with Crippen LogP contribution >= 0.6 is 11.3 Å². The first-order chi connectivity index (χ1) is 12.8. The standard InChI is InChI=1S/C19H21N3O3S/c23-18(17-14-22-9-12-26-19(22)20-17)21(13-16-7-4-10-24-16)8-11-25-15-5-2-1-3-6-15/h1-3,5-6,9,12,14,16H,4,7-8,10-11,13H2/t16-/m0/s1. The Morgan fingerprint density at radius 3 is 3.04 bits per heavy atom. The molecule has 0 unspecified atom stereocenters. The Hall–Kier alpha value is -2.38. The summed E-state index contributed by atoms with van der Waals surface area (Å²) in [5.41, 5.74) is 0.467. The van der Waals surface area contributed by atoms with Gasteiger partial charge in [-0.05, 0) is 25.0 Å². The summed E-state index contributed by atoms with van der Waals surface area (Å²) in [6, 6.07) is 9.64. The molecule has 26 heavy (non-hydrogen) atoms. The van der Waals surface area contributed by atoms with Gasteiger partial charge < -0.3 is 14.4 Å². The van der Waals surface area contributed by atoms with Gasteiger partial charge in [0, 0.05) is 30.9 Å². The molecular formula is C19H21N3O3S. The van der Waals surface area contributed by atoms with Gasteiger partial charge in [-0.25, -0.2) is 4.98 Å². The summed E-state index contributed by atoms with van der Waals surface area (Å²) in [5.74, 6) is 0.729. The maximum Gasteiger partial charge on any atom is 0.274 e. The molecule has 1 saturated heterocycles. The average molecular weight is 371 g/mol. The first-order valence-electron chi connectivity index (χ1n) is 8.80. The van der Waals surface area contributed by atoms with Gasteiger partial charge in [0.25, 0.3) is 5.91 Å². The molecule has 7 heteroatoms. The summed E-state index contributed by atoms with van der Waals surface area (Å²) >= 11 is 1.52. The molecule has 3 heterocycles. The van der Waals surface area contributed by atoms with Crippen LogP contribution in [-0.2, 0) is 4.74 Å². The molecule has 3 aromatic rings. The van der Waals surface area contributed by atoms with Crippen molar-refractivity contribution >= 4 is 22.2 Å². The molecule has 0 saturated carbocycles. The fourth-order valence-corrected chi connectivity index (χ4v) is 3.79. The lowest BCUT2D eigenvalue weighted by Crippen LogP contribution is -2.40. The molecule has 1 aliphatic rings. The fourth-order valence-electron chi connectivity index (χ4n) is 3.09. The second kappa shape index (κ2) is 7.88. The summed E-state index contributed by atoms with van der Waals surface area (Å²) < 4.78 is 13.4. The molecule has 0 N–H and O–H groups in total. The lowest BCUT2D eigenvalue weighted by molar-refractivity contribution is 0.0490. The van der Waals surface area contributed by atoms with E-state index in [0.29, 0.717) is 25.4 Å². The van der Waals surface area contributed by atoms with Gasteiger partial charge in [0.1, 0.15) is 18.1 Å². The number of para-hydroxylation sites is 1. The van der Waals surface area contributed by atoms with E-state index in [0.717, 1.165) is 30.2 Å². The van der Waals surface area contributed by atoms with Crippen molar-refractivity contribution in [3.63, 3.8) is 0 Å². The molecule has 0 aliphatic carbocycles. The third-order valence-corrected chi connectivity index (χ3v) is 5.19. The molecule has 2 aromatic heterocycles. The maximum absolute atomic E-state index is 13.0. The van der Waals surface area contributed by atoms with Crippen molar-refractivity contribution in [2.45, 2.75) is 18.9 Å². The predicted octanol–water partition coefficient (Wildman–Crippen LogP) is 3.10. The van der Waals surface area contributed by atoms with Gasteiger partial charge in [0.05, 0.1) is 12.6 Å². The highest BCUT2D eigenvalue weighted by Gasteiger charge is 2.25. The van der Waals surface area contributed by atoms with Crippen molar-refractivity contribution in [2.24, 2.45) is 0 Å². The molecular weight excluding hydrogens is 350 g/mol. The number of rotatable bonds is 7. The number of hydrogen-bond acceptors (Lipinski definition) is 5. The van der Waals surface area contributed by atoms with Crippen LogP contribution in [0.5, 0.6) is 5.75 Å². The second-order valence-corrected chi connectivity index (χ2v) is 7.14. The molecule has 1 aliphatic heterocycles. The van der Waals surface area contributed by atoms with Crippen molar-refractivity contribution in [1.29, 1.82) is 0 Å². The van der Waals surface area contributed by atoms with E-state index in [9.17, 15) is 4.79 Å². The van der Waals surface area contributed by atoms with E-state index in [2.05, 4.69) is 4.98 Å². The van der Waals surface area contributed by atoms with Gasteiger partial charge in [-0.1, -0.05) is 18.2 Å². The van der Waals surface area contributed by atoms with Crippen LogP contribution in [0.1, 0.15) is 23.3 Å². The minimum Gasteiger partial charge on any atom is -0.492 e. The number of fused-ring (bicyclic) bond motifs is 1. The minimum atomic E-state index is -0.0759. The van der Waals surface area contributed by atoms with Crippen molar-refractivity contribution < 1.29 is 14.3 Å². The number of carbonyl (C=O) groups excluding carboxylic acids is 1. The lowest BCUT2D eigenvalue weighted by atomic mass is 10.2. The van der Waals surface area contributed by atoms with Crippen LogP contribution in [0.15, 0.2) is 48.1 Å². The second-order valence-electron chi connectivity index (χ2n) is 6.27. The number of imidazole rings is 1. The highest BCUT2D eigenvalue weighted by Crippen LogP contribution is 2.17. The van der Waals surface area contributed by atoms with Gasteiger partial charge in [0.15, 0.2) is 4.96 Å².